The molecule has 30 heavy (non-hydrogen) atoms. The molecule has 0 radical (unpaired) electrons. The molecule has 0 amide bonds. The van der Waals surface area contributed by atoms with E-state index in [9.17, 15) is 9.59 Å². The SMILES string of the molecule is Cc1cc(Oc2ncc(Cl)cc2Cl)cc(C)c1C1C(=O)C2C3CCC(O3)C2(C)C1=O. The molecule has 156 valence electrons. The summed E-state index contributed by atoms with van der Waals surface area (Å²) in [5.41, 5.74) is 1.74. The van der Waals surface area contributed by atoms with Gasteiger partial charge in [-0.05, 0) is 68.5 Å². The lowest BCUT2D eigenvalue weighted by molar-refractivity contribution is -0.130. The predicted octanol–water partition coefficient (Wildman–Crippen LogP) is 5.22. The van der Waals surface area contributed by atoms with E-state index in [-0.39, 0.29) is 35.6 Å². The number of rotatable bonds is 3. The van der Waals surface area contributed by atoms with Gasteiger partial charge >= 0.3 is 0 Å². The van der Waals surface area contributed by atoms with Crippen LogP contribution in [0.2, 0.25) is 10.0 Å². The van der Waals surface area contributed by atoms with Crippen molar-refractivity contribution in [3.63, 3.8) is 0 Å². The summed E-state index contributed by atoms with van der Waals surface area (Å²) in [6.07, 6.45) is 2.90. The number of fused-ring (bicyclic) bond motifs is 5. The third kappa shape index (κ3) is 2.68. The molecule has 2 aromatic rings. The lowest BCUT2D eigenvalue weighted by atomic mass is 9.69. The van der Waals surface area contributed by atoms with Gasteiger partial charge in [0.1, 0.15) is 16.7 Å². The Morgan fingerprint density at radius 2 is 1.83 bits per heavy atom. The number of nitrogens with zero attached hydrogens (tertiary/aromatic N) is 1. The molecule has 5 unspecified atom stereocenters. The Kier molecular flexibility index (Phi) is 4.51. The van der Waals surface area contributed by atoms with Gasteiger partial charge in [0.05, 0.1) is 28.6 Å². The van der Waals surface area contributed by atoms with Crippen LogP contribution in [0.1, 0.15) is 42.4 Å². The quantitative estimate of drug-likeness (QED) is 0.606. The second kappa shape index (κ2) is 6.78. The number of hydrogen-bond acceptors (Lipinski definition) is 5. The summed E-state index contributed by atoms with van der Waals surface area (Å²) in [5, 5.41) is 0.726. The lowest BCUT2D eigenvalue weighted by Gasteiger charge is -2.29. The molecular weight excluding hydrogens is 425 g/mol. The van der Waals surface area contributed by atoms with E-state index in [1.54, 1.807) is 6.07 Å². The van der Waals surface area contributed by atoms with Gasteiger partial charge < -0.3 is 9.47 Å². The first-order valence-corrected chi connectivity index (χ1v) is 10.8. The first kappa shape index (κ1) is 20.0. The van der Waals surface area contributed by atoms with Crippen molar-refractivity contribution >= 4 is 34.8 Å². The van der Waals surface area contributed by atoms with Gasteiger partial charge in [0, 0.05) is 6.20 Å². The van der Waals surface area contributed by atoms with Gasteiger partial charge in [0.25, 0.3) is 0 Å². The van der Waals surface area contributed by atoms with E-state index in [1.807, 2.05) is 32.9 Å². The molecule has 3 heterocycles. The smallest absolute Gasteiger partial charge is 0.238 e. The van der Waals surface area contributed by atoms with Crippen LogP contribution in [0.4, 0.5) is 0 Å². The predicted molar refractivity (Wildman–Crippen MR) is 112 cm³/mol. The summed E-state index contributed by atoms with van der Waals surface area (Å²) >= 11 is 12.1. The Bertz CT molecular complexity index is 1080. The highest BCUT2D eigenvalue weighted by atomic mass is 35.5. The molecule has 2 aliphatic heterocycles. The van der Waals surface area contributed by atoms with Gasteiger partial charge in [-0.25, -0.2) is 4.98 Å². The van der Waals surface area contributed by atoms with Gasteiger partial charge in [-0.3, -0.25) is 9.59 Å². The minimum absolute atomic E-state index is 0.00280. The maximum atomic E-state index is 13.5. The highest BCUT2D eigenvalue weighted by Gasteiger charge is 2.70. The average Bonchev–Trinajstić information content (AvgIpc) is 3.31. The van der Waals surface area contributed by atoms with Crippen molar-refractivity contribution < 1.29 is 19.1 Å². The van der Waals surface area contributed by atoms with E-state index >= 15 is 0 Å². The molecule has 5 nitrogen and oxygen atoms in total. The van der Waals surface area contributed by atoms with Gasteiger partial charge in [-0.1, -0.05) is 23.2 Å². The Hall–Kier alpha value is -1.95. The van der Waals surface area contributed by atoms with Crippen LogP contribution in [-0.4, -0.2) is 28.8 Å². The molecule has 5 rings (SSSR count). The number of aromatic nitrogens is 1. The van der Waals surface area contributed by atoms with E-state index in [4.69, 9.17) is 32.7 Å². The Morgan fingerprint density at radius 3 is 2.47 bits per heavy atom. The standard InChI is InChI=1S/C23H21Cl2NO4/c1-10-6-13(29-22-14(25)8-12(24)9-26-22)7-11(2)17(10)18-20(27)19-15-4-5-16(30-15)23(19,3)21(18)28/h6-9,15-16,18-19H,4-5H2,1-3H3. The number of Topliss-reactive ketones (excluding diaryl/α,β-unsaturated/α-hetero) is 2. The third-order valence-corrected chi connectivity index (χ3v) is 7.45. The molecule has 1 saturated carbocycles. The number of ketones is 2. The van der Waals surface area contributed by atoms with Crippen molar-refractivity contribution in [1.82, 2.24) is 4.98 Å². The molecule has 1 aromatic carbocycles. The van der Waals surface area contributed by atoms with Crippen LogP contribution in [0.15, 0.2) is 24.4 Å². The summed E-state index contributed by atoms with van der Waals surface area (Å²) in [6, 6.07) is 5.19. The normalized spacial score (nSPS) is 32.0. The van der Waals surface area contributed by atoms with E-state index in [0.29, 0.717) is 15.8 Å². The number of pyridine rings is 1. The minimum Gasteiger partial charge on any atom is -0.438 e. The van der Waals surface area contributed by atoms with Crippen molar-refractivity contribution in [2.24, 2.45) is 11.3 Å². The van der Waals surface area contributed by atoms with Crippen molar-refractivity contribution in [1.29, 1.82) is 0 Å². The molecule has 2 saturated heterocycles. The molecule has 2 bridgehead atoms. The maximum absolute atomic E-state index is 13.5. The van der Waals surface area contributed by atoms with Gasteiger partial charge in [0.2, 0.25) is 5.88 Å². The van der Waals surface area contributed by atoms with Crippen molar-refractivity contribution in [3.8, 4) is 11.6 Å². The van der Waals surface area contributed by atoms with Crippen LogP contribution >= 0.6 is 23.2 Å². The van der Waals surface area contributed by atoms with E-state index in [0.717, 1.165) is 29.5 Å². The lowest BCUT2D eigenvalue weighted by Crippen LogP contribution is -2.40. The Balaban J connectivity index is 1.50. The zero-order chi connectivity index (χ0) is 21.4. The highest BCUT2D eigenvalue weighted by molar-refractivity contribution is 6.35. The highest BCUT2D eigenvalue weighted by Crippen LogP contribution is 2.60. The summed E-state index contributed by atoms with van der Waals surface area (Å²) < 4.78 is 11.8. The fourth-order valence-electron chi connectivity index (χ4n) is 5.66. The zero-order valence-electron chi connectivity index (χ0n) is 16.9. The number of halogens is 2. The van der Waals surface area contributed by atoms with Crippen LogP contribution in [0.5, 0.6) is 11.6 Å². The van der Waals surface area contributed by atoms with Crippen LogP contribution in [0.25, 0.3) is 0 Å². The van der Waals surface area contributed by atoms with Crippen molar-refractivity contribution in [2.45, 2.75) is 51.7 Å². The number of carbonyl (C=O) groups is 2. The molecule has 7 heteroatoms. The Labute approximate surface area is 184 Å². The van der Waals surface area contributed by atoms with Gasteiger partial charge in [0.15, 0.2) is 11.6 Å². The summed E-state index contributed by atoms with van der Waals surface area (Å²) in [5.74, 6) is -0.294. The molecule has 3 aliphatic rings. The van der Waals surface area contributed by atoms with Crippen molar-refractivity contribution in [2.75, 3.05) is 0 Å². The van der Waals surface area contributed by atoms with E-state index in [1.165, 1.54) is 6.20 Å². The second-order valence-corrected chi connectivity index (χ2v) is 9.56. The topological polar surface area (TPSA) is 65.5 Å². The molecule has 1 aliphatic carbocycles. The third-order valence-electron chi connectivity index (χ3n) is 6.97. The van der Waals surface area contributed by atoms with Crippen LogP contribution in [0, 0.1) is 25.2 Å². The molecular formula is C23H21Cl2NO4. The molecule has 1 aromatic heterocycles. The largest absolute Gasteiger partial charge is 0.438 e. The molecule has 3 fully saturated rings. The molecule has 5 atom stereocenters. The van der Waals surface area contributed by atoms with Crippen LogP contribution < -0.4 is 4.74 Å². The van der Waals surface area contributed by atoms with E-state index in [2.05, 4.69) is 4.98 Å². The fourth-order valence-corrected chi connectivity index (χ4v) is 6.08. The zero-order valence-corrected chi connectivity index (χ0v) is 18.4. The summed E-state index contributed by atoms with van der Waals surface area (Å²) in [7, 11) is 0. The number of ether oxygens (including phenoxy) is 2. The number of aryl methyl sites for hydroxylation is 2. The first-order valence-electron chi connectivity index (χ1n) is 10.1. The molecule has 0 N–H and O–H groups in total. The van der Waals surface area contributed by atoms with Gasteiger partial charge in [-0.2, -0.15) is 0 Å². The first-order chi connectivity index (χ1) is 14.2. The monoisotopic (exact) mass is 445 g/mol. The summed E-state index contributed by atoms with van der Waals surface area (Å²) in [4.78, 5) is 31.0. The Morgan fingerprint density at radius 1 is 1.13 bits per heavy atom. The minimum atomic E-state index is -0.738. The van der Waals surface area contributed by atoms with Crippen LogP contribution in [0.3, 0.4) is 0 Å². The average molecular weight is 446 g/mol. The van der Waals surface area contributed by atoms with Crippen LogP contribution in [-0.2, 0) is 14.3 Å². The maximum Gasteiger partial charge on any atom is 0.238 e. The molecule has 0 spiro atoms. The number of carbonyl (C=O) groups excluding carboxylic acids is 2. The number of benzene rings is 1. The van der Waals surface area contributed by atoms with Crippen molar-refractivity contribution in [3.05, 3.63) is 51.1 Å². The van der Waals surface area contributed by atoms with Gasteiger partial charge in [-0.15, -0.1) is 0 Å². The number of hydrogen-bond donors (Lipinski definition) is 0. The fraction of sp³-hybridized carbons (Fsp3) is 0.435. The summed E-state index contributed by atoms with van der Waals surface area (Å²) in [6.45, 7) is 5.71. The second-order valence-electron chi connectivity index (χ2n) is 8.71. The van der Waals surface area contributed by atoms with E-state index < -0.39 is 11.3 Å².